The van der Waals surface area contributed by atoms with Gasteiger partial charge in [0.1, 0.15) is 11.5 Å². The molecule has 0 saturated heterocycles. The highest BCUT2D eigenvalue weighted by molar-refractivity contribution is 7.08. The monoisotopic (exact) mass is 383 g/mol. The number of aromatic nitrogens is 2. The minimum Gasteiger partial charge on any atom is -0.497 e. The van der Waals surface area contributed by atoms with Gasteiger partial charge < -0.3 is 14.8 Å². The van der Waals surface area contributed by atoms with Gasteiger partial charge in [-0.2, -0.15) is 11.3 Å². The molecule has 0 aliphatic heterocycles. The first-order valence-corrected chi connectivity index (χ1v) is 9.45. The molecule has 0 spiro atoms. The second kappa shape index (κ2) is 9.14. The van der Waals surface area contributed by atoms with Crippen molar-refractivity contribution in [1.82, 2.24) is 15.3 Å². The molecule has 3 aromatic rings. The molecular weight excluding hydrogens is 362 g/mol. The van der Waals surface area contributed by atoms with E-state index in [9.17, 15) is 4.79 Å². The molecule has 2 aromatic heterocycles. The van der Waals surface area contributed by atoms with Gasteiger partial charge in [-0.15, -0.1) is 0 Å². The van der Waals surface area contributed by atoms with E-state index < -0.39 is 0 Å². The lowest BCUT2D eigenvalue weighted by Crippen LogP contribution is -2.24. The second-order valence-corrected chi connectivity index (χ2v) is 6.60. The minimum absolute atomic E-state index is 0.0465. The Kier molecular flexibility index (Phi) is 6.38. The molecule has 0 bridgehead atoms. The van der Waals surface area contributed by atoms with Crippen molar-refractivity contribution in [1.29, 1.82) is 0 Å². The van der Waals surface area contributed by atoms with Gasteiger partial charge in [-0.05, 0) is 29.5 Å². The average Bonchev–Trinajstić information content (AvgIpc) is 3.25. The van der Waals surface area contributed by atoms with Crippen LogP contribution in [-0.4, -0.2) is 30.1 Å². The fourth-order valence-electron chi connectivity index (χ4n) is 2.71. The van der Waals surface area contributed by atoms with Crippen molar-refractivity contribution in [2.75, 3.05) is 14.2 Å². The Hall–Kier alpha value is -2.93. The van der Waals surface area contributed by atoms with Crippen LogP contribution in [0.4, 0.5) is 0 Å². The number of benzene rings is 1. The summed E-state index contributed by atoms with van der Waals surface area (Å²) in [6, 6.07) is 7.60. The fourth-order valence-corrected chi connectivity index (χ4v) is 3.35. The van der Waals surface area contributed by atoms with Crippen LogP contribution < -0.4 is 14.8 Å². The van der Waals surface area contributed by atoms with Crippen molar-refractivity contribution in [3.63, 3.8) is 0 Å². The summed E-state index contributed by atoms with van der Waals surface area (Å²) >= 11 is 1.60. The quantitative estimate of drug-likeness (QED) is 0.645. The molecule has 7 heteroatoms. The van der Waals surface area contributed by atoms with Gasteiger partial charge in [0, 0.05) is 35.8 Å². The maximum Gasteiger partial charge on any atom is 0.220 e. The first-order chi connectivity index (χ1) is 13.2. The van der Waals surface area contributed by atoms with Gasteiger partial charge in [-0.1, -0.05) is 6.07 Å². The number of ether oxygens (including phenoxy) is 2. The van der Waals surface area contributed by atoms with Crippen LogP contribution in [0.25, 0.3) is 11.3 Å². The van der Waals surface area contributed by atoms with Crippen LogP contribution in [0, 0.1) is 0 Å². The summed E-state index contributed by atoms with van der Waals surface area (Å²) in [6.45, 7) is 0.345. The molecule has 1 N–H and O–H groups in total. The molecule has 0 radical (unpaired) electrons. The van der Waals surface area contributed by atoms with E-state index in [-0.39, 0.29) is 5.91 Å². The molecule has 2 heterocycles. The Morgan fingerprint density at radius 3 is 2.74 bits per heavy atom. The second-order valence-electron chi connectivity index (χ2n) is 5.82. The standard InChI is InChI=1S/C20H21N3O3S/c1-25-16-5-3-14(18(11-16)26-2)4-6-19(24)23-12-17-20(22-9-8-21-17)15-7-10-27-13-15/h3,5,7-11,13H,4,6,12H2,1-2H3,(H,23,24). The number of carbonyl (C=O) groups is 1. The smallest absolute Gasteiger partial charge is 0.220 e. The Morgan fingerprint density at radius 2 is 2.00 bits per heavy atom. The highest BCUT2D eigenvalue weighted by Gasteiger charge is 2.11. The number of nitrogens with zero attached hydrogens (tertiary/aromatic N) is 2. The van der Waals surface area contributed by atoms with Crippen molar-refractivity contribution >= 4 is 17.2 Å². The van der Waals surface area contributed by atoms with Crippen molar-refractivity contribution in [3.05, 3.63) is 58.7 Å². The Labute approximate surface area is 162 Å². The summed E-state index contributed by atoms with van der Waals surface area (Å²) in [5.74, 6) is 1.40. The predicted molar refractivity (Wildman–Crippen MR) is 105 cm³/mol. The number of hydrogen-bond donors (Lipinski definition) is 1. The third-order valence-electron chi connectivity index (χ3n) is 4.14. The molecule has 0 fully saturated rings. The van der Waals surface area contributed by atoms with Crippen LogP contribution in [0.3, 0.4) is 0 Å². The molecule has 1 amide bonds. The van der Waals surface area contributed by atoms with Crippen LogP contribution in [0.2, 0.25) is 0 Å². The van der Waals surface area contributed by atoms with Crippen LogP contribution in [0.15, 0.2) is 47.4 Å². The molecule has 140 valence electrons. The van der Waals surface area contributed by atoms with Gasteiger partial charge in [-0.3, -0.25) is 14.8 Å². The molecule has 27 heavy (non-hydrogen) atoms. The van der Waals surface area contributed by atoms with Gasteiger partial charge in [-0.25, -0.2) is 0 Å². The third kappa shape index (κ3) is 4.83. The molecular formula is C20H21N3O3S. The zero-order valence-corrected chi connectivity index (χ0v) is 16.1. The number of thiophene rings is 1. The Balaban J connectivity index is 1.58. The van der Waals surface area contributed by atoms with E-state index in [0.29, 0.717) is 19.4 Å². The average molecular weight is 383 g/mol. The highest BCUT2D eigenvalue weighted by atomic mass is 32.1. The third-order valence-corrected chi connectivity index (χ3v) is 4.82. The number of carbonyl (C=O) groups excluding carboxylic acids is 1. The first-order valence-electron chi connectivity index (χ1n) is 8.51. The van der Waals surface area contributed by atoms with Crippen LogP contribution in [0.5, 0.6) is 11.5 Å². The van der Waals surface area contributed by atoms with E-state index in [0.717, 1.165) is 34.0 Å². The Morgan fingerprint density at radius 1 is 1.15 bits per heavy atom. The lowest BCUT2D eigenvalue weighted by atomic mass is 10.1. The van der Waals surface area contributed by atoms with E-state index in [1.807, 2.05) is 35.0 Å². The van der Waals surface area contributed by atoms with E-state index in [1.165, 1.54) is 0 Å². The summed E-state index contributed by atoms with van der Waals surface area (Å²) < 4.78 is 10.6. The number of amides is 1. The zero-order valence-electron chi connectivity index (χ0n) is 15.3. The van der Waals surface area contributed by atoms with E-state index in [1.54, 1.807) is 38.0 Å². The van der Waals surface area contributed by atoms with Gasteiger partial charge >= 0.3 is 0 Å². The molecule has 0 saturated carbocycles. The first kappa shape index (κ1) is 18.8. The SMILES string of the molecule is COc1ccc(CCC(=O)NCc2nccnc2-c2ccsc2)c(OC)c1. The number of methoxy groups -OCH3 is 2. The van der Waals surface area contributed by atoms with Gasteiger partial charge in [0.25, 0.3) is 0 Å². The number of nitrogens with one attached hydrogen (secondary N) is 1. The minimum atomic E-state index is -0.0465. The largest absolute Gasteiger partial charge is 0.497 e. The van der Waals surface area contributed by atoms with Crippen molar-refractivity contribution in [3.8, 4) is 22.8 Å². The molecule has 3 rings (SSSR count). The maximum atomic E-state index is 12.3. The topological polar surface area (TPSA) is 73.3 Å². The van der Waals surface area contributed by atoms with Crippen LogP contribution >= 0.6 is 11.3 Å². The van der Waals surface area contributed by atoms with Gasteiger partial charge in [0.05, 0.1) is 32.2 Å². The van der Waals surface area contributed by atoms with E-state index in [4.69, 9.17) is 9.47 Å². The molecule has 6 nitrogen and oxygen atoms in total. The predicted octanol–water partition coefficient (Wildman–Crippen LogP) is 3.47. The van der Waals surface area contributed by atoms with Crippen LogP contribution in [0.1, 0.15) is 17.7 Å². The van der Waals surface area contributed by atoms with E-state index in [2.05, 4.69) is 15.3 Å². The van der Waals surface area contributed by atoms with Gasteiger partial charge in [0.15, 0.2) is 0 Å². The molecule has 0 aliphatic rings. The summed E-state index contributed by atoms with van der Waals surface area (Å²) in [7, 11) is 3.22. The summed E-state index contributed by atoms with van der Waals surface area (Å²) in [5.41, 5.74) is 3.54. The highest BCUT2D eigenvalue weighted by Crippen LogP contribution is 2.25. The Bertz CT molecular complexity index is 897. The number of aryl methyl sites for hydroxylation is 1. The molecule has 0 atom stereocenters. The fraction of sp³-hybridized carbons (Fsp3) is 0.250. The summed E-state index contributed by atoms with van der Waals surface area (Å²) in [6.07, 6.45) is 4.24. The lowest BCUT2D eigenvalue weighted by Gasteiger charge is -2.11. The maximum absolute atomic E-state index is 12.3. The lowest BCUT2D eigenvalue weighted by molar-refractivity contribution is -0.121. The normalized spacial score (nSPS) is 10.4. The van der Waals surface area contributed by atoms with Crippen LogP contribution in [-0.2, 0) is 17.8 Å². The van der Waals surface area contributed by atoms with Gasteiger partial charge in [0.2, 0.25) is 5.91 Å². The summed E-state index contributed by atoms with van der Waals surface area (Å²) in [4.78, 5) is 21.0. The molecule has 1 aromatic carbocycles. The number of rotatable bonds is 8. The summed E-state index contributed by atoms with van der Waals surface area (Å²) in [5, 5.41) is 6.94. The zero-order chi connectivity index (χ0) is 19.1. The molecule has 0 unspecified atom stereocenters. The van der Waals surface area contributed by atoms with Crippen molar-refractivity contribution < 1.29 is 14.3 Å². The number of hydrogen-bond acceptors (Lipinski definition) is 6. The van der Waals surface area contributed by atoms with E-state index >= 15 is 0 Å². The van der Waals surface area contributed by atoms with Crippen molar-refractivity contribution in [2.45, 2.75) is 19.4 Å². The van der Waals surface area contributed by atoms with Crippen molar-refractivity contribution in [2.24, 2.45) is 0 Å². The molecule has 0 aliphatic carbocycles.